The van der Waals surface area contributed by atoms with Crippen LogP contribution in [0.25, 0.3) is 0 Å². The molecule has 1 N–H and O–H groups in total. The van der Waals surface area contributed by atoms with Crippen molar-refractivity contribution < 1.29 is 4.74 Å². The van der Waals surface area contributed by atoms with Crippen LogP contribution in [0.5, 0.6) is 0 Å². The maximum atomic E-state index is 5.01. The zero-order valence-corrected chi connectivity index (χ0v) is 6.74. The van der Waals surface area contributed by atoms with Crippen molar-refractivity contribution in [2.24, 2.45) is 0 Å². The molecule has 0 amide bonds. The third-order valence-electron chi connectivity index (χ3n) is 0.846. The first kappa shape index (κ1) is 7.92. The summed E-state index contributed by atoms with van der Waals surface area (Å²) in [7, 11) is 0. The van der Waals surface area contributed by atoms with Crippen LogP contribution >= 0.6 is 0 Å². The van der Waals surface area contributed by atoms with Crippen molar-refractivity contribution in [1.29, 1.82) is 0 Å². The van der Waals surface area contributed by atoms with Crippen molar-refractivity contribution in [3.05, 3.63) is 0 Å². The van der Waals surface area contributed by atoms with E-state index in [-0.39, 0.29) is 29.6 Å². The fourth-order valence-electron chi connectivity index (χ4n) is 0.516. The van der Waals surface area contributed by atoms with E-state index in [4.69, 9.17) is 4.74 Å². The van der Waals surface area contributed by atoms with Gasteiger partial charge in [0, 0.05) is 42.6 Å². The van der Waals surface area contributed by atoms with Crippen molar-refractivity contribution in [1.82, 2.24) is 5.32 Å². The van der Waals surface area contributed by atoms with Gasteiger partial charge in [-0.2, -0.15) is 0 Å². The van der Waals surface area contributed by atoms with Crippen LogP contribution in [-0.2, 0) is 4.74 Å². The molecule has 37 valence electrons. The van der Waals surface area contributed by atoms with Gasteiger partial charge >= 0.3 is 0 Å². The maximum Gasteiger partial charge on any atom is 0.0591 e. The van der Waals surface area contributed by atoms with Crippen molar-refractivity contribution in [2.45, 2.75) is 0 Å². The summed E-state index contributed by atoms with van der Waals surface area (Å²) in [6.07, 6.45) is 0. The fourth-order valence-corrected chi connectivity index (χ4v) is 0.516. The second-order valence-corrected chi connectivity index (χ2v) is 1.36. The van der Waals surface area contributed by atoms with Crippen LogP contribution in [0.15, 0.2) is 0 Å². The molecule has 1 heterocycles. The predicted octanol–water partition coefficient (Wildman–Crippen LogP) is -0.775. The molecule has 0 aromatic carbocycles. The number of morpholine rings is 1. The molecule has 0 unspecified atom stereocenters. The third kappa shape index (κ3) is 3.50. The van der Waals surface area contributed by atoms with Crippen molar-refractivity contribution in [3.63, 3.8) is 0 Å². The Morgan fingerprint density at radius 1 is 1.14 bits per heavy atom. The molecule has 0 atom stereocenters. The van der Waals surface area contributed by atoms with Gasteiger partial charge in [-0.25, -0.2) is 0 Å². The largest absolute Gasteiger partial charge is 0.379 e. The Bertz CT molecular complexity index is 27.2. The number of rotatable bonds is 0. The first-order valence-corrected chi connectivity index (χ1v) is 2.28. The molecule has 1 fully saturated rings. The smallest absolute Gasteiger partial charge is 0.0591 e. The molecule has 0 bridgehead atoms. The van der Waals surface area contributed by atoms with Crippen molar-refractivity contribution >= 4 is 29.6 Å². The monoisotopic (exact) mass is 110 g/mol. The Morgan fingerprint density at radius 2 is 1.71 bits per heavy atom. The molecule has 0 spiro atoms. The number of hydrogen-bond donors (Lipinski definition) is 1. The average Bonchev–Trinajstić information content (AvgIpc) is 1.72. The Kier molecular flexibility index (Phi) is 5.73. The summed E-state index contributed by atoms with van der Waals surface area (Å²) in [4.78, 5) is 0. The summed E-state index contributed by atoms with van der Waals surface area (Å²) in [6.45, 7) is 3.83. The van der Waals surface area contributed by atoms with E-state index in [1.54, 1.807) is 0 Å². The second kappa shape index (κ2) is 5.06. The van der Waals surface area contributed by atoms with E-state index in [0.717, 1.165) is 26.3 Å². The topological polar surface area (TPSA) is 21.3 Å². The van der Waals surface area contributed by atoms with E-state index in [2.05, 4.69) is 5.32 Å². The molecular weight excluding hydrogens is 101 g/mol. The zero-order valence-electron chi connectivity index (χ0n) is 4.74. The predicted molar refractivity (Wildman–Crippen MR) is 29.4 cm³/mol. The van der Waals surface area contributed by atoms with E-state index in [1.807, 2.05) is 0 Å². The summed E-state index contributed by atoms with van der Waals surface area (Å²) in [6, 6.07) is 0. The summed E-state index contributed by atoms with van der Waals surface area (Å²) >= 11 is 0. The zero-order chi connectivity index (χ0) is 4.24. The van der Waals surface area contributed by atoms with Gasteiger partial charge in [-0.1, -0.05) is 0 Å². The number of nitrogens with one attached hydrogen (secondary N) is 1. The van der Waals surface area contributed by atoms with Gasteiger partial charge in [-0.15, -0.1) is 0 Å². The summed E-state index contributed by atoms with van der Waals surface area (Å²) in [5.74, 6) is 0. The van der Waals surface area contributed by atoms with Crippen LogP contribution in [0, 0.1) is 0 Å². The number of hydrogen-bond acceptors (Lipinski definition) is 2. The third-order valence-corrected chi connectivity index (χ3v) is 0.846. The Morgan fingerprint density at radius 3 is 1.86 bits per heavy atom. The van der Waals surface area contributed by atoms with Crippen LogP contribution < -0.4 is 5.32 Å². The summed E-state index contributed by atoms with van der Waals surface area (Å²) in [5, 5.41) is 3.16. The SMILES string of the molecule is C1COCCN1.[Na]. The molecule has 1 rings (SSSR count). The van der Waals surface area contributed by atoms with Gasteiger partial charge in [0.1, 0.15) is 0 Å². The molecule has 0 saturated carbocycles. The van der Waals surface area contributed by atoms with Gasteiger partial charge in [0.05, 0.1) is 13.2 Å². The first-order chi connectivity index (χ1) is 3.00. The summed E-state index contributed by atoms with van der Waals surface area (Å²) < 4.78 is 5.01. The van der Waals surface area contributed by atoms with Crippen molar-refractivity contribution in [2.75, 3.05) is 26.3 Å². The van der Waals surface area contributed by atoms with Gasteiger partial charge in [0.15, 0.2) is 0 Å². The molecule has 1 aliphatic heterocycles. The first-order valence-electron chi connectivity index (χ1n) is 2.28. The molecule has 0 aromatic heterocycles. The van der Waals surface area contributed by atoms with Crippen LogP contribution in [0.2, 0.25) is 0 Å². The van der Waals surface area contributed by atoms with Crippen LogP contribution in [0.4, 0.5) is 0 Å². The van der Waals surface area contributed by atoms with Gasteiger partial charge in [-0.05, 0) is 0 Å². The van der Waals surface area contributed by atoms with E-state index < -0.39 is 0 Å². The normalized spacial score (nSPS) is 20.6. The quantitative estimate of drug-likeness (QED) is 0.413. The van der Waals surface area contributed by atoms with Crippen LogP contribution in [0.1, 0.15) is 0 Å². The van der Waals surface area contributed by atoms with Crippen molar-refractivity contribution in [3.8, 4) is 0 Å². The molecule has 3 heteroatoms. The second-order valence-electron chi connectivity index (χ2n) is 1.36. The molecule has 0 aliphatic carbocycles. The number of ether oxygens (including phenoxy) is 1. The Labute approximate surface area is 65.9 Å². The average molecular weight is 110 g/mol. The van der Waals surface area contributed by atoms with Gasteiger partial charge in [-0.3, -0.25) is 0 Å². The molecule has 2 nitrogen and oxygen atoms in total. The van der Waals surface area contributed by atoms with E-state index in [9.17, 15) is 0 Å². The van der Waals surface area contributed by atoms with E-state index in [0.29, 0.717) is 0 Å². The van der Waals surface area contributed by atoms with E-state index in [1.165, 1.54) is 0 Å². The minimum atomic E-state index is 0. The minimum Gasteiger partial charge on any atom is -0.379 e. The summed E-state index contributed by atoms with van der Waals surface area (Å²) in [5.41, 5.74) is 0. The fraction of sp³-hybridized carbons (Fsp3) is 1.00. The Hall–Kier alpha value is 0.920. The molecule has 1 saturated heterocycles. The standard InChI is InChI=1S/C4H9NO.Na/c1-3-6-4-2-5-1;/h5H,1-4H2;. The van der Waals surface area contributed by atoms with Crippen LogP contribution in [-0.4, -0.2) is 55.9 Å². The van der Waals surface area contributed by atoms with Crippen LogP contribution in [0.3, 0.4) is 0 Å². The van der Waals surface area contributed by atoms with Gasteiger partial charge in [0.25, 0.3) is 0 Å². The maximum absolute atomic E-state index is 5.01. The minimum absolute atomic E-state index is 0. The molecular formula is C4H9NNaO. The molecule has 7 heavy (non-hydrogen) atoms. The van der Waals surface area contributed by atoms with E-state index >= 15 is 0 Å². The molecule has 0 aromatic rings. The Balaban J connectivity index is 0.000000360. The van der Waals surface area contributed by atoms with Gasteiger partial charge in [0.2, 0.25) is 0 Å². The van der Waals surface area contributed by atoms with Gasteiger partial charge < -0.3 is 10.1 Å². The molecule has 1 aliphatic rings. The molecule has 1 radical (unpaired) electrons.